The van der Waals surface area contributed by atoms with Crippen LogP contribution in [0.2, 0.25) is 0 Å². The van der Waals surface area contributed by atoms with Crippen molar-refractivity contribution in [3.8, 4) is 21.6 Å². The van der Waals surface area contributed by atoms with Crippen LogP contribution in [0.3, 0.4) is 0 Å². The Labute approximate surface area is 213 Å². The van der Waals surface area contributed by atoms with E-state index in [1.54, 1.807) is 29.8 Å². The lowest BCUT2D eigenvalue weighted by Crippen LogP contribution is -2.49. The fraction of sp³-hybridized carbons (Fsp3) is 0.174. The Hall–Kier alpha value is -3.26. The number of nitrogens with zero attached hydrogens (tertiary/aromatic N) is 4. The molecule has 1 fully saturated rings. The van der Waals surface area contributed by atoms with E-state index in [1.807, 2.05) is 0 Å². The number of thiazole rings is 2. The molecule has 36 heavy (non-hydrogen) atoms. The number of urea groups is 1. The Morgan fingerprint density at radius 3 is 2.39 bits per heavy atom. The number of primary sulfonamides is 1. The summed E-state index contributed by atoms with van der Waals surface area (Å²) >= 11 is 2.07. The van der Waals surface area contributed by atoms with Crippen molar-refractivity contribution in [2.24, 2.45) is 5.14 Å². The second-order valence-corrected chi connectivity index (χ2v) is 11.7. The average molecular weight is 548 g/mol. The van der Waals surface area contributed by atoms with Gasteiger partial charge < -0.3 is 0 Å². The number of nitrogens with two attached hydrogens (primary N) is 1. The summed E-state index contributed by atoms with van der Waals surface area (Å²) in [4.78, 5) is 24.9. The summed E-state index contributed by atoms with van der Waals surface area (Å²) in [6.07, 6.45) is 2.10. The number of hydrogen-bond acceptors (Lipinski definition) is 7. The molecule has 0 atom stereocenters. The molecule has 0 unspecified atom stereocenters. The van der Waals surface area contributed by atoms with Gasteiger partial charge in [-0.25, -0.2) is 32.1 Å². The Balaban J connectivity index is 1.43. The minimum atomic E-state index is -3.95. The molecule has 5 rings (SSSR count). The molecule has 0 radical (unpaired) electrons. The zero-order valence-electron chi connectivity index (χ0n) is 18.8. The van der Waals surface area contributed by atoms with Crippen LogP contribution in [-0.2, 0) is 10.0 Å². The van der Waals surface area contributed by atoms with E-state index in [1.165, 1.54) is 34.3 Å². The van der Waals surface area contributed by atoms with E-state index in [0.717, 1.165) is 23.5 Å². The third-order valence-electron chi connectivity index (χ3n) is 5.68. The molecular weight excluding hydrogens is 528 g/mol. The quantitative estimate of drug-likeness (QED) is 0.378. The van der Waals surface area contributed by atoms with Crippen LogP contribution < -0.4 is 14.9 Å². The molecule has 1 aliphatic rings. The van der Waals surface area contributed by atoms with Gasteiger partial charge in [0.1, 0.15) is 11.6 Å². The first-order chi connectivity index (χ1) is 17.1. The van der Waals surface area contributed by atoms with Gasteiger partial charge in [0.05, 0.1) is 16.1 Å². The largest absolute Gasteiger partial charge is 0.330 e. The van der Waals surface area contributed by atoms with E-state index in [2.05, 4.69) is 9.97 Å². The van der Waals surface area contributed by atoms with Crippen molar-refractivity contribution in [1.29, 1.82) is 0 Å². The first-order valence-electron chi connectivity index (χ1n) is 10.7. The molecule has 3 heterocycles. The van der Waals surface area contributed by atoms with Crippen LogP contribution in [-0.4, -0.2) is 37.5 Å². The van der Waals surface area contributed by atoms with Crippen LogP contribution in [0.25, 0.3) is 21.6 Å². The van der Waals surface area contributed by atoms with Gasteiger partial charge in [-0.3, -0.25) is 14.8 Å². The highest BCUT2D eigenvalue weighted by Crippen LogP contribution is 2.36. The third-order valence-corrected chi connectivity index (χ3v) is 9.22. The maximum atomic E-state index is 15.3. The second kappa shape index (κ2) is 9.32. The summed E-state index contributed by atoms with van der Waals surface area (Å²) in [5.41, 5.74) is 3.04. The monoisotopic (exact) mass is 547 g/mol. The Bertz CT molecular complexity index is 1550. The van der Waals surface area contributed by atoms with Crippen molar-refractivity contribution in [3.05, 3.63) is 65.4 Å². The number of benzene rings is 2. The third kappa shape index (κ3) is 4.50. The van der Waals surface area contributed by atoms with Crippen molar-refractivity contribution >= 4 is 49.5 Å². The molecule has 0 saturated carbocycles. The average Bonchev–Trinajstić information content (AvgIpc) is 3.51. The molecule has 1 aliphatic heterocycles. The SMILES string of the molecule is Cc1nc(N2CCCN(c3ccc(-c4cc(F)cc(-c5cncs5)c4F)cc3)C2=O)sc1S(N)(=O)=O. The van der Waals surface area contributed by atoms with Gasteiger partial charge in [0.15, 0.2) is 9.34 Å². The first-order valence-corrected chi connectivity index (χ1v) is 14.0. The van der Waals surface area contributed by atoms with E-state index in [0.29, 0.717) is 35.6 Å². The summed E-state index contributed by atoms with van der Waals surface area (Å²) in [5, 5.41) is 5.50. The van der Waals surface area contributed by atoms with Gasteiger partial charge in [0.25, 0.3) is 0 Å². The van der Waals surface area contributed by atoms with E-state index in [-0.39, 0.29) is 32.2 Å². The van der Waals surface area contributed by atoms with Gasteiger partial charge in [-0.15, -0.1) is 11.3 Å². The van der Waals surface area contributed by atoms with Gasteiger partial charge in [-0.1, -0.05) is 23.5 Å². The van der Waals surface area contributed by atoms with E-state index < -0.39 is 21.7 Å². The molecule has 2 amide bonds. The fourth-order valence-corrected chi connectivity index (χ4v) is 6.64. The molecule has 186 valence electrons. The molecule has 4 aromatic rings. The standard InChI is InChI=1S/C23H19F2N5O3S3/c1-13-21(36(26,32)33)35-22(28-13)30-8-2-7-29(23(30)31)16-5-3-14(4-6-16)17-9-15(24)10-18(20(17)25)19-11-27-12-34-19/h3-6,9-12H,2,7-8H2,1H3,(H2,26,32,33). The molecule has 0 bridgehead atoms. The maximum Gasteiger partial charge on any atom is 0.330 e. The second-order valence-electron chi connectivity index (χ2n) is 8.08. The highest BCUT2D eigenvalue weighted by molar-refractivity contribution is 7.91. The van der Waals surface area contributed by atoms with Crippen LogP contribution in [0.1, 0.15) is 12.1 Å². The zero-order valence-corrected chi connectivity index (χ0v) is 21.3. The molecule has 1 saturated heterocycles. The van der Waals surface area contributed by atoms with Gasteiger partial charge in [-0.2, -0.15) is 0 Å². The van der Waals surface area contributed by atoms with Crippen molar-refractivity contribution in [2.75, 3.05) is 22.9 Å². The number of sulfonamides is 1. The number of rotatable bonds is 5. The van der Waals surface area contributed by atoms with Crippen LogP contribution in [0, 0.1) is 18.6 Å². The highest BCUT2D eigenvalue weighted by Gasteiger charge is 2.31. The zero-order chi connectivity index (χ0) is 25.6. The molecule has 0 aliphatic carbocycles. The smallest absolute Gasteiger partial charge is 0.294 e. The number of hydrogen-bond donors (Lipinski definition) is 1. The van der Waals surface area contributed by atoms with Crippen LogP contribution >= 0.6 is 22.7 Å². The summed E-state index contributed by atoms with van der Waals surface area (Å²) in [6, 6.07) is 8.49. The first kappa shape index (κ1) is 24.4. The Morgan fingerprint density at radius 1 is 1.06 bits per heavy atom. The summed E-state index contributed by atoms with van der Waals surface area (Å²) in [7, 11) is -3.95. The Morgan fingerprint density at radius 2 is 1.75 bits per heavy atom. The van der Waals surface area contributed by atoms with Gasteiger partial charge >= 0.3 is 6.03 Å². The Kier molecular flexibility index (Phi) is 6.32. The highest BCUT2D eigenvalue weighted by atomic mass is 32.2. The molecule has 0 spiro atoms. The predicted molar refractivity (Wildman–Crippen MR) is 136 cm³/mol. The summed E-state index contributed by atoms with van der Waals surface area (Å²) < 4.78 is 53.1. The van der Waals surface area contributed by atoms with Gasteiger partial charge in [-0.05, 0) is 43.2 Å². The van der Waals surface area contributed by atoms with Gasteiger partial charge in [0.2, 0.25) is 10.0 Å². The van der Waals surface area contributed by atoms with Crippen molar-refractivity contribution in [1.82, 2.24) is 9.97 Å². The van der Waals surface area contributed by atoms with E-state index in [4.69, 9.17) is 5.14 Å². The number of carbonyl (C=O) groups excluding carboxylic acids is 1. The predicted octanol–water partition coefficient (Wildman–Crippen LogP) is 5.00. The van der Waals surface area contributed by atoms with Crippen molar-refractivity contribution in [3.63, 3.8) is 0 Å². The molecule has 8 nitrogen and oxygen atoms in total. The van der Waals surface area contributed by atoms with E-state index >= 15 is 4.39 Å². The molecular formula is C23H19F2N5O3S3. The lowest BCUT2D eigenvalue weighted by Gasteiger charge is -2.34. The molecule has 13 heteroatoms. The van der Waals surface area contributed by atoms with Crippen molar-refractivity contribution in [2.45, 2.75) is 17.6 Å². The number of anilines is 2. The fourth-order valence-electron chi connectivity index (χ4n) is 4.04. The molecule has 2 aromatic carbocycles. The number of halogens is 2. The topological polar surface area (TPSA) is 109 Å². The number of aromatic nitrogens is 2. The normalized spacial score (nSPS) is 14.5. The summed E-state index contributed by atoms with van der Waals surface area (Å²) in [5.74, 6) is -1.13. The lowest BCUT2D eigenvalue weighted by atomic mass is 10.0. The van der Waals surface area contributed by atoms with E-state index in [9.17, 15) is 17.6 Å². The van der Waals surface area contributed by atoms with Crippen LogP contribution in [0.5, 0.6) is 0 Å². The number of carbonyl (C=O) groups is 1. The van der Waals surface area contributed by atoms with Crippen LogP contribution in [0.4, 0.5) is 24.4 Å². The van der Waals surface area contributed by atoms with Crippen LogP contribution in [0.15, 0.2) is 52.3 Å². The minimum absolute atomic E-state index is 0.0819. The lowest BCUT2D eigenvalue weighted by molar-refractivity contribution is 0.248. The number of aryl methyl sites for hydroxylation is 1. The molecule has 2 N–H and O–H groups in total. The van der Waals surface area contributed by atoms with Gasteiger partial charge in [0, 0.05) is 36.1 Å². The number of amides is 2. The van der Waals surface area contributed by atoms with Crippen molar-refractivity contribution < 1.29 is 22.0 Å². The summed E-state index contributed by atoms with van der Waals surface area (Å²) in [6.45, 7) is 2.33. The minimum Gasteiger partial charge on any atom is -0.294 e. The maximum absolute atomic E-state index is 15.3. The molecule has 2 aromatic heterocycles.